The minimum Gasteiger partial charge on any atom is -0.312 e. The van der Waals surface area contributed by atoms with Gasteiger partial charge < -0.3 is 4.98 Å². The van der Waals surface area contributed by atoms with Crippen LogP contribution in [0.4, 0.5) is 22.0 Å². The molecule has 0 radical (unpaired) electrons. The fourth-order valence-electron chi connectivity index (χ4n) is 0.736. The van der Waals surface area contributed by atoms with Gasteiger partial charge >= 0.3 is 12.1 Å². The average Bonchev–Trinajstić information content (AvgIpc) is 2.07. The Morgan fingerprint density at radius 3 is 2.27 bits per heavy atom. The first-order valence-corrected chi connectivity index (χ1v) is 3.74. The molecule has 1 aromatic heterocycles. The number of nitrogens with zero attached hydrogens (tertiary/aromatic N) is 1. The van der Waals surface area contributed by atoms with Crippen LogP contribution in [0.3, 0.4) is 0 Å². The summed E-state index contributed by atoms with van der Waals surface area (Å²) in [5.74, 6) is -5.25. The van der Waals surface area contributed by atoms with E-state index in [4.69, 9.17) is 11.6 Å². The van der Waals surface area contributed by atoms with Crippen molar-refractivity contribution < 1.29 is 22.0 Å². The maximum Gasteiger partial charge on any atom is 0.459 e. The number of aromatic amines is 1. The number of hydrogen-bond acceptors (Lipinski definition) is 2. The van der Waals surface area contributed by atoms with Crippen molar-refractivity contribution in [3.8, 4) is 0 Å². The van der Waals surface area contributed by atoms with Crippen molar-refractivity contribution in [3.05, 3.63) is 27.4 Å². The molecule has 0 saturated carbocycles. The van der Waals surface area contributed by atoms with Crippen LogP contribution >= 0.6 is 11.6 Å². The number of hydrogen-bond donors (Lipinski definition) is 1. The van der Waals surface area contributed by atoms with Gasteiger partial charge in [0.05, 0.1) is 6.33 Å². The highest BCUT2D eigenvalue weighted by Crippen LogP contribution is 2.44. The van der Waals surface area contributed by atoms with Crippen LogP contribution in [0.2, 0.25) is 5.02 Å². The van der Waals surface area contributed by atoms with Gasteiger partial charge in [0.15, 0.2) is 0 Å². The van der Waals surface area contributed by atoms with Crippen LogP contribution in [-0.4, -0.2) is 16.1 Å². The molecule has 0 amide bonds. The van der Waals surface area contributed by atoms with E-state index in [0.29, 0.717) is 6.33 Å². The summed E-state index contributed by atoms with van der Waals surface area (Å²) in [6.07, 6.45) is -5.43. The largest absolute Gasteiger partial charge is 0.459 e. The lowest BCUT2D eigenvalue weighted by Crippen LogP contribution is -2.36. The van der Waals surface area contributed by atoms with Crippen LogP contribution in [0.5, 0.6) is 0 Å². The van der Waals surface area contributed by atoms with Gasteiger partial charge in [-0.15, -0.1) is 0 Å². The predicted octanol–water partition coefficient (Wildman–Crippen LogP) is 2.08. The van der Waals surface area contributed by atoms with E-state index in [9.17, 15) is 26.7 Å². The maximum absolute atomic E-state index is 12.7. The molecule has 1 heterocycles. The SMILES string of the molecule is O=c1[nH]cnc(C(F)(F)C(F)(F)F)c1Cl. The van der Waals surface area contributed by atoms with Crippen LogP contribution in [0.25, 0.3) is 0 Å². The second-order valence-electron chi connectivity index (χ2n) is 2.47. The van der Waals surface area contributed by atoms with Gasteiger partial charge in [-0.2, -0.15) is 22.0 Å². The van der Waals surface area contributed by atoms with Crippen LogP contribution in [0, 0.1) is 0 Å². The molecule has 0 aliphatic rings. The Bertz CT molecular complexity index is 426. The zero-order valence-corrected chi connectivity index (χ0v) is 7.46. The molecule has 0 bridgehead atoms. The number of rotatable bonds is 1. The second-order valence-corrected chi connectivity index (χ2v) is 2.84. The molecule has 0 atom stereocenters. The number of alkyl halides is 5. The molecular weight excluding hydrogens is 247 g/mol. The Labute approximate surface area is 83.9 Å². The highest BCUT2D eigenvalue weighted by Gasteiger charge is 2.61. The molecule has 9 heteroatoms. The predicted molar refractivity (Wildman–Crippen MR) is 39.8 cm³/mol. The lowest BCUT2D eigenvalue weighted by molar-refractivity contribution is -0.290. The summed E-state index contributed by atoms with van der Waals surface area (Å²) in [5.41, 5.74) is -3.06. The second kappa shape index (κ2) is 3.44. The van der Waals surface area contributed by atoms with Gasteiger partial charge in [0, 0.05) is 0 Å². The van der Waals surface area contributed by atoms with Crippen molar-refractivity contribution in [1.29, 1.82) is 0 Å². The smallest absolute Gasteiger partial charge is 0.312 e. The highest BCUT2D eigenvalue weighted by molar-refractivity contribution is 6.31. The summed E-state index contributed by atoms with van der Waals surface area (Å²) in [6, 6.07) is 0. The molecule has 84 valence electrons. The van der Waals surface area contributed by atoms with Gasteiger partial charge in [-0.1, -0.05) is 11.6 Å². The Morgan fingerprint density at radius 1 is 1.27 bits per heavy atom. The molecule has 1 aromatic rings. The van der Waals surface area contributed by atoms with Gasteiger partial charge in [-0.3, -0.25) is 4.79 Å². The molecule has 0 aliphatic carbocycles. The summed E-state index contributed by atoms with van der Waals surface area (Å²) < 4.78 is 61.0. The zero-order chi connectivity index (χ0) is 11.9. The maximum atomic E-state index is 12.7. The van der Waals surface area contributed by atoms with Crippen molar-refractivity contribution in [2.75, 3.05) is 0 Å². The van der Waals surface area contributed by atoms with Gasteiger partial charge in [0.2, 0.25) is 0 Å². The third kappa shape index (κ3) is 1.94. The monoisotopic (exact) mass is 248 g/mol. The minimum absolute atomic E-state index is 0.420. The fraction of sp³-hybridized carbons (Fsp3) is 0.333. The number of nitrogens with one attached hydrogen (secondary N) is 1. The lowest BCUT2D eigenvalue weighted by atomic mass is 10.2. The normalized spacial score (nSPS) is 12.9. The summed E-state index contributed by atoms with van der Waals surface area (Å²) in [7, 11) is 0. The molecule has 0 aromatic carbocycles. The van der Waals surface area contributed by atoms with Crippen molar-refractivity contribution >= 4 is 11.6 Å². The first-order valence-electron chi connectivity index (χ1n) is 3.36. The van der Waals surface area contributed by atoms with Crippen LogP contribution in [-0.2, 0) is 5.92 Å². The van der Waals surface area contributed by atoms with Gasteiger partial charge in [-0.25, -0.2) is 4.98 Å². The third-order valence-electron chi connectivity index (χ3n) is 1.45. The van der Waals surface area contributed by atoms with Gasteiger partial charge in [0.25, 0.3) is 5.56 Å². The minimum atomic E-state index is -5.85. The van der Waals surface area contributed by atoms with E-state index in [1.54, 1.807) is 4.98 Å². The van der Waals surface area contributed by atoms with E-state index in [0.717, 1.165) is 0 Å². The molecular formula is C6H2ClF5N2O. The fourth-order valence-corrected chi connectivity index (χ4v) is 0.958. The topological polar surface area (TPSA) is 45.8 Å². The zero-order valence-electron chi connectivity index (χ0n) is 6.70. The van der Waals surface area contributed by atoms with E-state index in [2.05, 4.69) is 4.98 Å². The highest BCUT2D eigenvalue weighted by atomic mass is 35.5. The molecule has 15 heavy (non-hydrogen) atoms. The Kier molecular flexibility index (Phi) is 2.73. The van der Waals surface area contributed by atoms with E-state index < -0.39 is 28.4 Å². The van der Waals surface area contributed by atoms with Crippen molar-refractivity contribution in [1.82, 2.24) is 9.97 Å². The van der Waals surface area contributed by atoms with Crippen LogP contribution < -0.4 is 5.56 Å². The van der Waals surface area contributed by atoms with Gasteiger partial charge in [-0.05, 0) is 0 Å². The summed E-state index contributed by atoms with van der Waals surface area (Å²) in [4.78, 5) is 15.2. The summed E-state index contributed by atoms with van der Waals surface area (Å²) in [6.45, 7) is 0. The standard InChI is InChI=1S/C6H2ClF5N2O/c7-2-3(13-1-14-4(2)15)5(8,9)6(10,11)12/h1H,(H,13,14,15). The first-order chi connectivity index (χ1) is 6.68. The summed E-state index contributed by atoms with van der Waals surface area (Å²) >= 11 is 5.00. The van der Waals surface area contributed by atoms with E-state index in [1.165, 1.54) is 0 Å². The first kappa shape index (κ1) is 11.9. The molecule has 0 fully saturated rings. The third-order valence-corrected chi connectivity index (χ3v) is 1.80. The average molecular weight is 249 g/mol. The van der Waals surface area contributed by atoms with E-state index >= 15 is 0 Å². The van der Waals surface area contributed by atoms with Crippen molar-refractivity contribution in [3.63, 3.8) is 0 Å². The van der Waals surface area contributed by atoms with Crippen molar-refractivity contribution in [2.45, 2.75) is 12.1 Å². The number of H-pyrrole nitrogens is 1. The van der Waals surface area contributed by atoms with Crippen LogP contribution in [0.15, 0.2) is 11.1 Å². The molecule has 1 N–H and O–H groups in total. The van der Waals surface area contributed by atoms with E-state index in [1.807, 2.05) is 0 Å². The molecule has 0 aliphatic heterocycles. The summed E-state index contributed by atoms with van der Waals surface area (Å²) in [5, 5.41) is -1.28. The number of aromatic nitrogens is 2. The molecule has 0 spiro atoms. The van der Waals surface area contributed by atoms with Crippen molar-refractivity contribution in [2.24, 2.45) is 0 Å². The molecule has 0 saturated heterocycles. The van der Waals surface area contributed by atoms with E-state index in [-0.39, 0.29) is 0 Å². The molecule has 0 unspecified atom stereocenters. The Morgan fingerprint density at radius 2 is 1.80 bits per heavy atom. The van der Waals surface area contributed by atoms with Gasteiger partial charge in [0.1, 0.15) is 10.7 Å². The number of halogens is 6. The lowest BCUT2D eigenvalue weighted by Gasteiger charge is -2.18. The van der Waals surface area contributed by atoms with Crippen LogP contribution in [0.1, 0.15) is 5.69 Å². The Hall–Kier alpha value is -1.18. The Balaban J connectivity index is 3.40. The molecule has 1 rings (SSSR count). The quantitative estimate of drug-likeness (QED) is 0.774. The molecule has 3 nitrogen and oxygen atoms in total.